The molecule has 29 heavy (non-hydrogen) atoms. The molecule has 0 saturated carbocycles. The third-order valence-corrected chi connectivity index (χ3v) is 5.59. The first-order valence-corrected chi connectivity index (χ1v) is 9.75. The number of hydrogen-bond donors (Lipinski definition) is 1. The summed E-state index contributed by atoms with van der Waals surface area (Å²) >= 11 is 0. The minimum absolute atomic E-state index is 0.112. The minimum atomic E-state index is -0.500. The number of quaternary nitrogens is 1. The number of nitro groups is 1. The maximum atomic E-state index is 12.9. The third kappa shape index (κ3) is 4.02. The number of benzene rings is 2. The molecule has 0 unspecified atom stereocenters. The molecule has 0 aliphatic carbocycles. The Hall–Kier alpha value is -3.13. The predicted octanol–water partition coefficient (Wildman–Crippen LogP) is 1.08. The van der Waals surface area contributed by atoms with Gasteiger partial charge in [-0.3, -0.25) is 14.9 Å². The molecule has 2 aliphatic rings. The Labute approximate surface area is 168 Å². The van der Waals surface area contributed by atoms with Crippen molar-refractivity contribution in [3.05, 3.63) is 63.2 Å². The van der Waals surface area contributed by atoms with Gasteiger partial charge in [-0.1, -0.05) is 0 Å². The van der Waals surface area contributed by atoms with Gasteiger partial charge in [-0.25, -0.2) is 0 Å². The normalized spacial score (nSPS) is 16.2. The van der Waals surface area contributed by atoms with Crippen LogP contribution >= 0.6 is 0 Å². The molecule has 152 valence electrons. The zero-order chi connectivity index (χ0) is 20.4. The van der Waals surface area contributed by atoms with E-state index < -0.39 is 4.92 Å². The van der Waals surface area contributed by atoms with Crippen molar-refractivity contribution in [1.29, 1.82) is 0 Å². The zero-order valence-electron chi connectivity index (χ0n) is 16.3. The summed E-state index contributed by atoms with van der Waals surface area (Å²) in [4.78, 5) is 26.7. The smallest absolute Gasteiger partial charge is 0.270 e. The third-order valence-electron chi connectivity index (χ3n) is 5.59. The fraction of sp³-hybridized carbons (Fsp3) is 0.381. The van der Waals surface area contributed by atoms with Gasteiger partial charge in [0.15, 0.2) is 0 Å². The first-order chi connectivity index (χ1) is 14.0. The van der Waals surface area contributed by atoms with E-state index in [0.717, 1.165) is 38.4 Å². The second-order valence-corrected chi connectivity index (χ2v) is 7.40. The number of piperazine rings is 1. The topological polar surface area (TPSA) is 86.3 Å². The van der Waals surface area contributed by atoms with Gasteiger partial charge in [-0.2, -0.15) is 0 Å². The number of non-ortho nitro benzene ring substituents is 1. The highest BCUT2D eigenvalue weighted by Crippen LogP contribution is 2.26. The van der Waals surface area contributed by atoms with E-state index in [4.69, 9.17) is 9.47 Å². The first-order valence-electron chi connectivity index (χ1n) is 9.75. The summed E-state index contributed by atoms with van der Waals surface area (Å²) in [6.45, 7) is 4.54. The predicted molar refractivity (Wildman–Crippen MR) is 106 cm³/mol. The molecule has 0 aromatic heterocycles. The zero-order valence-corrected chi connectivity index (χ0v) is 16.3. The molecule has 1 N–H and O–H groups in total. The summed E-state index contributed by atoms with van der Waals surface area (Å²) in [5, 5.41) is 11.1. The number of amides is 1. The molecule has 2 heterocycles. The van der Waals surface area contributed by atoms with Crippen molar-refractivity contribution in [2.24, 2.45) is 0 Å². The van der Waals surface area contributed by atoms with Gasteiger partial charge in [0, 0.05) is 24.1 Å². The lowest BCUT2D eigenvalue weighted by atomic mass is 10.1. The van der Waals surface area contributed by atoms with Crippen molar-refractivity contribution >= 4 is 11.6 Å². The van der Waals surface area contributed by atoms with Crippen LogP contribution in [0.4, 0.5) is 5.69 Å². The van der Waals surface area contributed by atoms with Crippen LogP contribution in [0.1, 0.15) is 21.5 Å². The first kappa shape index (κ1) is 19.2. The number of carbonyl (C=O) groups excluding carboxylic acids is 1. The molecule has 2 aromatic rings. The molecular weight excluding hydrogens is 374 g/mol. The van der Waals surface area contributed by atoms with Gasteiger partial charge in [-0.15, -0.1) is 0 Å². The number of nitrogens with one attached hydrogen (secondary N) is 1. The van der Waals surface area contributed by atoms with Crippen LogP contribution in [0, 0.1) is 10.1 Å². The Balaban J connectivity index is 1.40. The molecule has 0 bridgehead atoms. The van der Waals surface area contributed by atoms with E-state index in [1.165, 1.54) is 41.3 Å². The highest BCUT2D eigenvalue weighted by molar-refractivity contribution is 5.97. The minimum Gasteiger partial charge on any atom is -0.496 e. The van der Waals surface area contributed by atoms with Crippen LogP contribution in [-0.2, 0) is 13.0 Å². The Morgan fingerprint density at radius 1 is 1.24 bits per heavy atom. The summed E-state index contributed by atoms with van der Waals surface area (Å²) in [7, 11) is 1.46. The molecule has 0 atom stereocenters. The largest absolute Gasteiger partial charge is 0.496 e. The molecule has 0 spiro atoms. The number of rotatable bonds is 5. The molecule has 0 radical (unpaired) electrons. The van der Waals surface area contributed by atoms with E-state index in [9.17, 15) is 14.9 Å². The van der Waals surface area contributed by atoms with Crippen molar-refractivity contribution in [3.63, 3.8) is 0 Å². The van der Waals surface area contributed by atoms with E-state index in [1.54, 1.807) is 4.90 Å². The number of fused-ring (bicyclic) bond motifs is 1. The van der Waals surface area contributed by atoms with Gasteiger partial charge < -0.3 is 19.3 Å². The summed E-state index contributed by atoms with van der Waals surface area (Å²) in [6, 6.07) is 10.5. The second kappa shape index (κ2) is 8.08. The number of hydrogen-bond acceptors (Lipinski definition) is 5. The standard InChI is InChI=1S/C21H23N3O5/c1-28-20-5-3-17(24(26)27)13-18(20)21(25)23-9-7-22(8-10-23)14-15-2-4-19-16(12-15)6-11-29-19/h2-5,12-13H,6-11,14H2,1H3/p+1. The van der Waals surface area contributed by atoms with Crippen molar-refractivity contribution in [3.8, 4) is 11.5 Å². The van der Waals surface area contributed by atoms with Gasteiger partial charge in [-0.05, 0) is 29.8 Å². The van der Waals surface area contributed by atoms with E-state index in [1.807, 2.05) is 6.07 Å². The van der Waals surface area contributed by atoms with Crippen molar-refractivity contribution in [2.45, 2.75) is 13.0 Å². The maximum Gasteiger partial charge on any atom is 0.270 e. The van der Waals surface area contributed by atoms with Gasteiger partial charge in [0.05, 0.1) is 50.4 Å². The molecule has 1 amide bonds. The van der Waals surface area contributed by atoms with E-state index in [-0.39, 0.29) is 17.2 Å². The SMILES string of the molecule is COc1ccc([N+](=O)[O-])cc1C(=O)N1CC[NH+](Cc2ccc3c(c2)CCO3)CC1. The van der Waals surface area contributed by atoms with Crippen LogP contribution in [-0.4, -0.2) is 55.6 Å². The summed E-state index contributed by atoms with van der Waals surface area (Å²) in [6.07, 6.45) is 0.964. The molecule has 1 saturated heterocycles. The number of carbonyl (C=O) groups is 1. The van der Waals surface area contributed by atoms with E-state index in [2.05, 4.69) is 12.1 Å². The number of ether oxygens (including phenoxy) is 2. The van der Waals surface area contributed by atoms with Crippen molar-refractivity contribution in [2.75, 3.05) is 39.9 Å². The average molecular weight is 398 g/mol. The highest BCUT2D eigenvalue weighted by atomic mass is 16.6. The maximum absolute atomic E-state index is 12.9. The Bertz CT molecular complexity index is 938. The van der Waals surface area contributed by atoms with Gasteiger partial charge in [0.1, 0.15) is 18.0 Å². The summed E-state index contributed by atoms with van der Waals surface area (Å²) in [5.74, 6) is 1.13. The van der Waals surface area contributed by atoms with Gasteiger partial charge >= 0.3 is 0 Å². The molecule has 8 nitrogen and oxygen atoms in total. The van der Waals surface area contributed by atoms with Crippen molar-refractivity contribution in [1.82, 2.24) is 4.90 Å². The highest BCUT2D eigenvalue weighted by Gasteiger charge is 2.28. The average Bonchev–Trinajstić information content (AvgIpc) is 3.21. The monoisotopic (exact) mass is 398 g/mol. The quantitative estimate of drug-likeness (QED) is 0.602. The Kier molecular flexibility index (Phi) is 5.35. The Morgan fingerprint density at radius 3 is 2.76 bits per heavy atom. The van der Waals surface area contributed by atoms with Crippen molar-refractivity contribution < 1.29 is 24.1 Å². The lowest BCUT2D eigenvalue weighted by Crippen LogP contribution is -3.13. The molecular formula is C21H24N3O5+. The molecule has 2 aliphatic heterocycles. The Morgan fingerprint density at radius 2 is 2.03 bits per heavy atom. The van der Waals surface area contributed by atoms with Crippen LogP contribution in [0.5, 0.6) is 11.5 Å². The number of methoxy groups -OCH3 is 1. The summed E-state index contributed by atoms with van der Waals surface area (Å²) < 4.78 is 10.8. The van der Waals surface area contributed by atoms with Crippen LogP contribution in [0.25, 0.3) is 0 Å². The van der Waals surface area contributed by atoms with Crippen LogP contribution in [0.3, 0.4) is 0 Å². The van der Waals surface area contributed by atoms with Gasteiger partial charge in [0.2, 0.25) is 0 Å². The second-order valence-electron chi connectivity index (χ2n) is 7.40. The van der Waals surface area contributed by atoms with E-state index in [0.29, 0.717) is 18.8 Å². The lowest BCUT2D eigenvalue weighted by molar-refractivity contribution is -0.917. The number of nitrogens with zero attached hydrogens (tertiary/aromatic N) is 2. The fourth-order valence-electron chi connectivity index (χ4n) is 3.99. The van der Waals surface area contributed by atoms with Gasteiger partial charge in [0.25, 0.3) is 11.6 Å². The fourth-order valence-corrected chi connectivity index (χ4v) is 3.99. The van der Waals surface area contributed by atoms with E-state index >= 15 is 0 Å². The molecule has 1 fully saturated rings. The molecule has 2 aromatic carbocycles. The number of nitro benzene ring substituents is 1. The molecule has 8 heteroatoms. The molecule has 4 rings (SSSR count). The summed E-state index contributed by atoms with van der Waals surface area (Å²) in [5.41, 5.74) is 2.68. The van der Waals surface area contributed by atoms with Crippen LogP contribution in [0.15, 0.2) is 36.4 Å². The van der Waals surface area contributed by atoms with Crippen LogP contribution < -0.4 is 14.4 Å². The lowest BCUT2D eigenvalue weighted by Gasteiger charge is -2.32. The van der Waals surface area contributed by atoms with Crippen LogP contribution in [0.2, 0.25) is 0 Å².